The fourth-order valence-electron chi connectivity index (χ4n) is 2.08. The molecule has 0 aliphatic heterocycles. The summed E-state index contributed by atoms with van der Waals surface area (Å²) in [6.07, 6.45) is 2.93. The van der Waals surface area contributed by atoms with Crippen LogP contribution in [0.3, 0.4) is 0 Å². The Morgan fingerprint density at radius 2 is 1.56 bits per heavy atom. The normalized spacial score (nSPS) is 10.6. The summed E-state index contributed by atoms with van der Waals surface area (Å²) in [6.45, 7) is 0. The van der Waals surface area contributed by atoms with Crippen LogP contribution in [0, 0.1) is 0 Å². The van der Waals surface area contributed by atoms with E-state index in [-0.39, 0.29) is 11.8 Å². The number of hydrazone groups is 1. The second-order valence-corrected chi connectivity index (χ2v) is 5.11. The maximum absolute atomic E-state index is 12.1. The highest BCUT2D eigenvalue weighted by Gasteiger charge is 2.07. The Balaban J connectivity index is 1.58. The number of carbonyl (C=O) groups excluding carboxylic acids is 2. The number of furan rings is 1. The second kappa shape index (κ2) is 7.74. The van der Waals surface area contributed by atoms with E-state index in [0.717, 1.165) is 0 Å². The third-order valence-electron chi connectivity index (χ3n) is 3.34. The van der Waals surface area contributed by atoms with E-state index in [1.807, 2.05) is 6.07 Å². The molecule has 124 valence electrons. The lowest BCUT2D eigenvalue weighted by atomic mass is 10.2. The van der Waals surface area contributed by atoms with Crippen LogP contribution in [0.1, 0.15) is 26.5 Å². The Morgan fingerprint density at radius 3 is 2.24 bits per heavy atom. The number of benzene rings is 2. The third-order valence-corrected chi connectivity index (χ3v) is 3.34. The zero-order valence-corrected chi connectivity index (χ0v) is 13.2. The molecule has 0 saturated heterocycles. The zero-order valence-electron chi connectivity index (χ0n) is 13.2. The minimum atomic E-state index is -0.358. The Kier molecular flexibility index (Phi) is 5.01. The first-order valence-electron chi connectivity index (χ1n) is 7.56. The predicted molar refractivity (Wildman–Crippen MR) is 94.6 cm³/mol. The average Bonchev–Trinajstić information content (AvgIpc) is 3.16. The number of nitrogens with zero attached hydrogens (tertiary/aromatic N) is 1. The van der Waals surface area contributed by atoms with Gasteiger partial charge in [-0.15, -0.1) is 0 Å². The van der Waals surface area contributed by atoms with Crippen molar-refractivity contribution in [1.29, 1.82) is 0 Å². The highest BCUT2D eigenvalue weighted by atomic mass is 16.3. The summed E-state index contributed by atoms with van der Waals surface area (Å²) < 4.78 is 5.07. The molecule has 0 spiro atoms. The van der Waals surface area contributed by atoms with Gasteiger partial charge in [0.05, 0.1) is 12.5 Å². The molecule has 0 saturated carbocycles. The molecule has 6 nitrogen and oxygen atoms in total. The minimum Gasteiger partial charge on any atom is -0.463 e. The molecule has 1 aromatic heterocycles. The fourth-order valence-corrected chi connectivity index (χ4v) is 2.08. The van der Waals surface area contributed by atoms with Gasteiger partial charge < -0.3 is 9.73 Å². The van der Waals surface area contributed by atoms with Gasteiger partial charge in [-0.1, -0.05) is 18.2 Å². The Bertz CT molecular complexity index is 870. The number of carbonyl (C=O) groups is 2. The molecule has 1 heterocycles. The minimum absolute atomic E-state index is 0.208. The average molecular weight is 333 g/mol. The van der Waals surface area contributed by atoms with Crippen molar-refractivity contribution in [3.05, 3.63) is 89.9 Å². The summed E-state index contributed by atoms with van der Waals surface area (Å²) in [5, 5.41) is 6.59. The van der Waals surface area contributed by atoms with Gasteiger partial charge in [-0.05, 0) is 48.5 Å². The molecule has 0 aliphatic carbocycles. The third kappa shape index (κ3) is 4.42. The lowest BCUT2D eigenvalue weighted by Gasteiger charge is -2.06. The van der Waals surface area contributed by atoms with Crippen LogP contribution in [-0.2, 0) is 0 Å². The van der Waals surface area contributed by atoms with E-state index >= 15 is 0 Å². The van der Waals surface area contributed by atoms with Gasteiger partial charge in [0.15, 0.2) is 0 Å². The molecule has 2 aromatic carbocycles. The van der Waals surface area contributed by atoms with Crippen LogP contribution in [0.25, 0.3) is 0 Å². The van der Waals surface area contributed by atoms with Crippen molar-refractivity contribution in [3.8, 4) is 0 Å². The second-order valence-electron chi connectivity index (χ2n) is 5.11. The molecule has 2 amide bonds. The molecule has 3 rings (SSSR count). The van der Waals surface area contributed by atoms with Gasteiger partial charge in [0, 0.05) is 16.8 Å². The van der Waals surface area contributed by atoms with Crippen molar-refractivity contribution in [3.63, 3.8) is 0 Å². The van der Waals surface area contributed by atoms with E-state index in [1.54, 1.807) is 60.7 Å². The molecule has 2 N–H and O–H groups in total. The summed E-state index contributed by atoms with van der Waals surface area (Å²) >= 11 is 0. The maximum Gasteiger partial charge on any atom is 0.271 e. The van der Waals surface area contributed by atoms with Gasteiger partial charge in [0.25, 0.3) is 11.8 Å². The first-order valence-corrected chi connectivity index (χ1v) is 7.56. The number of hydrogen-bond donors (Lipinski definition) is 2. The van der Waals surface area contributed by atoms with Gasteiger partial charge in [0.2, 0.25) is 0 Å². The molecule has 3 aromatic rings. The summed E-state index contributed by atoms with van der Waals surface area (Å²) in [6, 6.07) is 18.9. The Morgan fingerprint density at radius 1 is 0.840 bits per heavy atom. The molecular weight excluding hydrogens is 318 g/mol. The quantitative estimate of drug-likeness (QED) is 0.555. The molecule has 0 radical (unpaired) electrons. The smallest absolute Gasteiger partial charge is 0.271 e. The Hall–Kier alpha value is -3.67. The molecule has 6 heteroatoms. The lowest BCUT2D eigenvalue weighted by molar-refractivity contribution is 0.0954. The highest BCUT2D eigenvalue weighted by molar-refractivity contribution is 6.04. The molecule has 0 aliphatic rings. The molecule has 0 unspecified atom stereocenters. The van der Waals surface area contributed by atoms with Crippen LogP contribution < -0.4 is 10.7 Å². The molecule has 0 atom stereocenters. The standard InChI is InChI=1S/C19H15N3O3/c23-18(14-5-2-1-3-6-14)21-16-10-8-15(9-11-16)19(24)22-20-13-17-7-4-12-25-17/h1-13H,(H,21,23)(H,22,24)/b20-13-. The van der Waals surface area contributed by atoms with Crippen molar-refractivity contribution < 1.29 is 14.0 Å². The topological polar surface area (TPSA) is 83.7 Å². The molecule has 0 bridgehead atoms. The SMILES string of the molecule is O=C(N/N=C\c1ccco1)c1ccc(NC(=O)c2ccccc2)cc1. The van der Waals surface area contributed by atoms with Gasteiger partial charge >= 0.3 is 0 Å². The van der Waals surface area contributed by atoms with Gasteiger partial charge in [-0.3, -0.25) is 9.59 Å². The van der Waals surface area contributed by atoms with E-state index in [4.69, 9.17) is 4.42 Å². The summed E-state index contributed by atoms with van der Waals surface area (Å²) in [4.78, 5) is 24.1. The maximum atomic E-state index is 12.1. The summed E-state index contributed by atoms with van der Waals surface area (Å²) in [5.74, 6) is -0.0242. The van der Waals surface area contributed by atoms with Crippen molar-refractivity contribution in [1.82, 2.24) is 5.43 Å². The van der Waals surface area contributed by atoms with Crippen LogP contribution in [0.5, 0.6) is 0 Å². The van der Waals surface area contributed by atoms with Crippen LogP contribution in [0.4, 0.5) is 5.69 Å². The lowest BCUT2D eigenvalue weighted by Crippen LogP contribution is -2.17. The van der Waals surface area contributed by atoms with Crippen LogP contribution in [0.15, 0.2) is 82.5 Å². The summed E-state index contributed by atoms with van der Waals surface area (Å²) in [5.41, 5.74) is 4.00. The van der Waals surface area contributed by atoms with Crippen molar-refractivity contribution in [2.75, 3.05) is 5.32 Å². The molecule has 25 heavy (non-hydrogen) atoms. The molecule has 0 fully saturated rings. The first-order chi connectivity index (χ1) is 12.2. The van der Waals surface area contributed by atoms with Gasteiger partial charge in [-0.25, -0.2) is 5.43 Å². The molecular formula is C19H15N3O3. The van der Waals surface area contributed by atoms with Crippen LogP contribution in [0.2, 0.25) is 0 Å². The van der Waals surface area contributed by atoms with E-state index < -0.39 is 0 Å². The van der Waals surface area contributed by atoms with E-state index in [2.05, 4.69) is 15.8 Å². The monoisotopic (exact) mass is 333 g/mol. The van der Waals surface area contributed by atoms with Gasteiger partial charge in [-0.2, -0.15) is 5.10 Å². The Labute approximate surface area is 144 Å². The number of anilines is 1. The van der Waals surface area contributed by atoms with Crippen molar-refractivity contribution in [2.24, 2.45) is 5.10 Å². The van der Waals surface area contributed by atoms with Gasteiger partial charge in [0.1, 0.15) is 5.76 Å². The number of amides is 2. The summed E-state index contributed by atoms with van der Waals surface area (Å²) in [7, 11) is 0. The highest BCUT2D eigenvalue weighted by Crippen LogP contribution is 2.11. The largest absolute Gasteiger partial charge is 0.463 e. The van der Waals surface area contributed by atoms with Crippen molar-refractivity contribution >= 4 is 23.7 Å². The number of nitrogens with one attached hydrogen (secondary N) is 2. The number of rotatable bonds is 5. The van der Waals surface area contributed by atoms with E-state index in [1.165, 1.54) is 12.5 Å². The van der Waals surface area contributed by atoms with Crippen LogP contribution >= 0.6 is 0 Å². The van der Waals surface area contributed by atoms with Crippen LogP contribution in [-0.4, -0.2) is 18.0 Å². The number of hydrogen-bond acceptors (Lipinski definition) is 4. The zero-order chi connectivity index (χ0) is 17.5. The van der Waals surface area contributed by atoms with Crippen molar-refractivity contribution in [2.45, 2.75) is 0 Å². The predicted octanol–water partition coefficient (Wildman–Crippen LogP) is 3.30. The van der Waals surface area contributed by atoms with E-state index in [9.17, 15) is 9.59 Å². The first kappa shape index (κ1) is 16.2. The van der Waals surface area contributed by atoms with E-state index in [0.29, 0.717) is 22.6 Å². The fraction of sp³-hybridized carbons (Fsp3) is 0.